The van der Waals surface area contributed by atoms with E-state index in [0.717, 1.165) is 21.3 Å². The number of aliphatic hydroxyl groups is 1. The zero-order valence-corrected chi connectivity index (χ0v) is 13.4. The quantitative estimate of drug-likeness (QED) is 0.794. The average Bonchev–Trinajstić information content (AvgIpc) is 2.48. The van der Waals surface area contributed by atoms with Gasteiger partial charge in [0.2, 0.25) is 0 Å². The van der Waals surface area contributed by atoms with Gasteiger partial charge >= 0.3 is 0 Å². The molecule has 1 unspecified atom stereocenters. The largest absolute Gasteiger partial charge is 0.485 e. The minimum atomic E-state index is -0.485. The molecule has 3 rings (SSSR count). The van der Waals surface area contributed by atoms with Crippen LogP contribution in [0.1, 0.15) is 29.8 Å². The van der Waals surface area contributed by atoms with Gasteiger partial charge in [-0.2, -0.15) is 0 Å². The molecule has 2 aromatic carbocycles. The fourth-order valence-electron chi connectivity index (χ4n) is 2.44. The molecule has 0 saturated heterocycles. The van der Waals surface area contributed by atoms with Gasteiger partial charge in [-0.3, -0.25) is 0 Å². The summed E-state index contributed by atoms with van der Waals surface area (Å²) in [5.41, 5.74) is 1.96. The van der Waals surface area contributed by atoms with Gasteiger partial charge in [0.25, 0.3) is 0 Å². The first kappa shape index (κ1) is 14.0. The number of halogens is 1. The Balaban J connectivity index is 1.88. The van der Waals surface area contributed by atoms with Crippen molar-refractivity contribution >= 4 is 27.7 Å². The van der Waals surface area contributed by atoms with Crippen molar-refractivity contribution < 1.29 is 9.84 Å². The number of hydrogen-bond donors (Lipinski definition) is 1. The Morgan fingerprint density at radius 1 is 1.20 bits per heavy atom. The number of ether oxygens (including phenoxy) is 1. The molecule has 2 atom stereocenters. The first-order valence-electron chi connectivity index (χ1n) is 6.45. The van der Waals surface area contributed by atoms with Crippen molar-refractivity contribution in [2.75, 3.05) is 6.26 Å². The van der Waals surface area contributed by atoms with Crippen LogP contribution in [0.2, 0.25) is 0 Å². The topological polar surface area (TPSA) is 29.5 Å². The molecule has 0 radical (unpaired) electrons. The van der Waals surface area contributed by atoms with Crippen LogP contribution in [0.4, 0.5) is 0 Å². The minimum absolute atomic E-state index is 0.0884. The van der Waals surface area contributed by atoms with E-state index in [4.69, 9.17) is 4.74 Å². The van der Waals surface area contributed by atoms with Gasteiger partial charge in [-0.1, -0.05) is 28.1 Å². The molecule has 2 aromatic rings. The molecule has 1 heterocycles. The highest BCUT2D eigenvalue weighted by molar-refractivity contribution is 9.10. The normalized spacial score (nSPS) is 21.1. The summed E-state index contributed by atoms with van der Waals surface area (Å²) in [5.74, 6) is 0.769. The molecule has 0 spiro atoms. The van der Waals surface area contributed by atoms with Crippen LogP contribution >= 0.6 is 27.7 Å². The molecule has 1 aliphatic rings. The van der Waals surface area contributed by atoms with E-state index < -0.39 is 6.10 Å². The predicted octanol–water partition coefficient (Wildman–Crippen LogP) is 4.73. The zero-order valence-electron chi connectivity index (χ0n) is 11.0. The third-order valence-corrected chi connectivity index (χ3v) is 4.76. The summed E-state index contributed by atoms with van der Waals surface area (Å²) in [4.78, 5) is 1.23. The summed E-state index contributed by atoms with van der Waals surface area (Å²) >= 11 is 5.14. The molecule has 4 heteroatoms. The second kappa shape index (κ2) is 5.80. The van der Waals surface area contributed by atoms with E-state index in [1.54, 1.807) is 11.8 Å². The molecule has 104 valence electrons. The van der Waals surface area contributed by atoms with Crippen LogP contribution in [-0.2, 0) is 0 Å². The van der Waals surface area contributed by atoms with E-state index >= 15 is 0 Å². The highest BCUT2D eigenvalue weighted by atomic mass is 79.9. The van der Waals surface area contributed by atoms with Crippen molar-refractivity contribution in [2.24, 2.45) is 0 Å². The summed E-state index contributed by atoms with van der Waals surface area (Å²) in [7, 11) is 0. The lowest BCUT2D eigenvalue weighted by Crippen LogP contribution is -2.19. The number of hydrogen-bond acceptors (Lipinski definition) is 3. The lowest BCUT2D eigenvalue weighted by molar-refractivity contribution is 0.0656. The molecule has 0 aliphatic carbocycles. The second-order valence-corrected chi connectivity index (χ2v) is 6.61. The summed E-state index contributed by atoms with van der Waals surface area (Å²) in [5, 5.41) is 10.3. The molecule has 0 fully saturated rings. The van der Waals surface area contributed by atoms with E-state index in [9.17, 15) is 5.11 Å². The van der Waals surface area contributed by atoms with Crippen LogP contribution in [0.15, 0.2) is 51.8 Å². The fraction of sp³-hybridized carbons (Fsp3) is 0.250. The van der Waals surface area contributed by atoms with E-state index in [1.165, 1.54) is 4.90 Å². The number of benzene rings is 2. The monoisotopic (exact) mass is 350 g/mol. The van der Waals surface area contributed by atoms with E-state index in [1.807, 2.05) is 18.2 Å². The molecular weight excluding hydrogens is 336 g/mol. The van der Waals surface area contributed by atoms with Gasteiger partial charge in [-0.15, -0.1) is 11.8 Å². The number of fused-ring (bicyclic) bond motifs is 1. The zero-order chi connectivity index (χ0) is 14.1. The van der Waals surface area contributed by atoms with Crippen LogP contribution < -0.4 is 4.74 Å². The van der Waals surface area contributed by atoms with Crippen LogP contribution in [0.5, 0.6) is 5.75 Å². The lowest BCUT2D eigenvalue weighted by Gasteiger charge is -2.30. The van der Waals surface area contributed by atoms with Crippen molar-refractivity contribution in [1.29, 1.82) is 0 Å². The van der Waals surface area contributed by atoms with Crippen molar-refractivity contribution in [1.82, 2.24) is 0 Å². The van der Waals surface area contributed by atoms with Crippen molar-refractivity contribution in [2.45, 2.75) is 23.5 Å². The van der Waals surface area contributed by atoms with Gasteiger partial charge in [0.05, 0.1) is 6.10 Å². The maximum Gasteiger partial charge on any atom is 0.127 e. The first-order chi connectivity index (χ1) is 9.67. The standard InChI is InChI=1S/C16H15BrO2S/c1-20-12-5-2-10(3-6-12)16-9-14(18)13-8-11(17)4-7-15(13)19-16/h2-8,14,16,18H,9H2,1H3/t14-,16?/m0/s1. The van der Waals surface area contributed by atoms with Gasteiger partial charge < -0.3 is 9.84 Å². The summed E-state index contributed by atoms with van der Waals surface area (Å²) in [6, 6.07) is 14.1. The average molecular weight is 351 g/mol. The third kappa shape index (κ3) is 2.73. The molecular formula is C16H15BrO2S. The third-order valence-electron chi connectivity index (χ3n) is 3.52. The van der Waals surface area contributed by atoms with E-state index in [2.05, 4.69) is 46.5 Å². The first-order valence-corrected chi connectivity index (χ1v) is 8.47. The van der Waals surface area contributed by atoms with E-state index in [0.29, 0.717) is 6.42 Å². The Bertz CT molecular complexity index is 612. The maximum absolute atomic E-state index is 10.3. The predicted molar refractivity (Wildman–Crippen MR) is 85.3 cm³/mol. The highest BCUT2D eigenvalue weighted by Gasteiger charge is 2.28. The molecule has 0 bridgehead atoms. The van der Waals surface area contributed by atoms with Crippen LogP contribution in [0.25, 0.3) is 0 Å². The summed E-state index contributed by atoms with van der Waals surface area (Å²) in [6.45, 7) is 0. The maximum atomic E-state index is 10.3. The Morgan fingerprint density at radius 3 is 2.65 bits per heavy atom. The summed E-state index contributed by atoms with van der Waals surface area (Å²) in [6.07, 6.45) is 2.07. The van der Waals surface area contributed by atoms with Crippen molar-refractivity contribution in [3.8, 4) is 5.75 Å². The Morgan fingerprint density at radius 2 is 1.95 bits per heavy atom. The lowest BCUT2D eigenvalue weighted by atomic mass is 9.95. The van der Waals surface area contributed by atoms with E-state index in [-0.39, 0.29) is 6.10 Å². The molecule has 0 amide bonds. The van der Waals surface area contributed by atoms with Gasteiger partial charge in [0, 0.05) is 21.4 Å². The Hall–Kier alpha value is -0.970. The van der Waals surface area contributed by atoms with Crippen molar-refractivity contribution in [3.63, 3.8) is 0 Å². The SMILES string of the molecule is CSc1ccc(C2C[C@H](O)c3cc(Br)ccc3O2)cc1. The number of aliphatic hydroxyl groups excluding tert-OH is 1. The fourth-order valence-corrected chi connectivity index (χ4v) is 3.23. The number of thioether (sulfide) groups is 1. The van der Waals surface area contributed by atoms with Gasteiger partial charge in [-0.25, -0.2) is 0 Å². The molecule has 0 saturated carbocycles. The molecule has 1 aliphatic heterocycles. The van der Waals surface area contributed by atoms with Crippen LogP contribution in [0.3, 0.4) is 0 Å². The number of rotatable bonds is 2. The molecule has 0 aromatic heterocycles. The molecule has 1 N–H and O–H groups in total. The molecule has 2 nitrogen and oxygen atoms in total. The smallest absolute Gasteiger partial charge is 0.127 e. The van der Waals surface area contributed by atoms with Gasteiger partial charge in [0.15, 0.2) is 0 Å². The van der Waals surface area contributed by atoms with Crippen LogP contribution in [0, 0.1) is 0 Å². The van der Waals surface area contributed by atoms with Gasteiger partial charge in [0.1, 0.15) is 11.9 Å². The highest BCUT2D eigenvalue weighted by Crippen LogP contribution is 2.41. The van der Waals surface area contributed by atoms with Crippen LogP contribution in [-0.4, -0.2) is 11.4 Å². The Kier molecular flexibility index (Phi) is 4.06. The molecule has 20 heavy (non-hydrogen) atoms. The Labute approximate surface area is 131 Å². The second-order valence-electron chi connectivity index (χ2n) is 4.81. The minimum Gasteiger partial charge on any atom is -0.485 e. The van der Waals surface area contributed by atoms with Crippen molar-refractivity contribution in [3.05, 3.63) is 58.1 Å². The summed E-state index contributed by atoms with van der Waals surface area (Å²) < 4.78 is 6.99. The van der Waals surface area contributed by atoms with Gasteiger partial charge in [-0.05, 0) is 42.2 Å².